The fraction of sp³-hybridized carbons (Fsp3) is 0.417. The molecule has 94 valence electrons. The molecule has 0 bridgehead atoms. The third kappa shape index (κ3) is 4.50. The molecule has 0 saturated heterocycles. The Morgan fingerprint density at radius 3 is 2.88 bits per heavy atom. The topological polar surface area (TPSA) is 58.6 Å². The minimum absolute atomic E-state index is 0.0379. The van der Waals surface area contributed by atoms with E-state index in [4.69, 9.17) is 4.74 Å². The molecule has 0 aliphatic rings. The summed E-state index contributed by atoms with van der Waals surface area (Å²) in [6, 6.07) is 5.36. The van der Waals surface area contributed by atoms with E-state index < -0.39 is 17.3 Å². The van der Waals surface area contributed by atoms with Crippen LogP contribution < -0.4 is 5.32 Å². The summed E-state index contributed by atoms with van der Waals surface area (Å²) in [5.74, 6) is -0.901. The number of hydrogen-bond donors (Lipinski definition) is 2. The van der Waals surface area contributed by atoms with Crippen LogP contribution in [0.2, 0.25) is 0 Å². The van der Waals surface area contributed by atoms with Crippen molar-refractivity contribution in [1.29, 1.82) is 0 Å². The van der Waals surface area contributed by atoms with Gasteiger partial charge in [0.25, 0.3) is 5.91 Å². The molecule has 0 saturated carbocycles. The minimum atomic E-state index is -1.14. The first-order chi connectivity index (χ1) is 7.94. The number of methoxy groups -OCH3 is 1. The molecule has 0 heterocycles. The van der Waals surface area contributed by atoms with Gasteiger partial charge in [-0.3, -0.25) is 4.79 Å². The molecule has 4 nitrogen and oxygen atoms in total. The van der Waals surface area contributed by atoms with Crippen molar-refractivity contribution in [1.82, 2.24) is 5.32 Å². The molecule has 5 heteroatoms. The Kier molecular flexibility index (Phi) is 4.60. The summed E-state index contributed by atoms with van der Waals surface area (Å²) in [6.45, 7) is 1.69. The largest absolute Gasteiger partial charge is 0.386 e. The van der Waals surface area contributed by atoms with Gasteiger partial charge in [-0.15, -0.1) is 0 Å². The molecule has 17 heavy (non-hydrogen) atoms. The second-order valence-corrected chi connectivity index (χ2v) is 4.12. The van der Waals surface area contributed by atoms with Crippen molar-refractivity contribution in [2.45, 2.75) is 12.5 Å². The van der Waals surface area contributed by atoms with Crippen molar-refractivity contribution in [2.75, 3.05) is 20.3 Å². The second kappa shape index (κ2) is 5.75. The highest BCUT2D eigenvalue weighted by molar-refractivity contribution is 5.94. The highest BCUT2D eigenvalue weighted by atomic mass is 19.1. The number of nitrogens with one attached hydrogen (secondary N) is 1. The molecule has 0 radical (unpaired) electrons. The fourth-order valence-electron chi connectivity index (χ4n) is 1.36. The van der Waals surface area contributed by atoms with Crippen LogP contribution in [0.4, 0.5) is 4.39 Å². The number of rotatable bonds is 5. The van der Waals surface area contributed by atoms with Gasteiger partial charge in [-0.2, -0.15) is 0 Å². The maximum atomic E-state index is 12.9. The fourth-order valence-corrected chi connectivity index (χ4v) is 1.36. The van der Waals surface area contributed by atoms with Crippen molar-refractivity contribution in [2.24, 2.45) is 0 Å². The summed E-state index contributed by atoms with van der Waals surface area (Å²) in [5, 5.41) is 12.3. The molecular weight excluding hydrogens is 225 g/mol. The van der Waals surface area contributed by atoms with E-state index in [1.165, 1.54) is 25.3 Å². The third-order valence-electron chi connectivity index (χ3n) is 2.17. The summed E-state index contributed by atoms with van der Waals surface area (Å²) < 4.78 is 17.7. The van der Waals surface area contributed by atoms with E-state index in [0.29, 0.717) is 0 Å². The molecule has 0 aliphatic carbocycles. The molecular formula is C12H16FNO3. The Labute approximate surface area is 99.4 Å². The molecule has 2 N–H and O–H groups in total. The predicted octanol–water partition coefficient (Wildman–Crippen LogP) is 0.953. The van der Waals surface area contributed by atoms with Gasteiger partial charge < -0.3 is 15.2 Å². The maximum Gasteiger partial charge on any atom is 0.251 e. The monoisotopic (exact) mass is 241 g/mol. The summed E-state index contributed by atoms with van der Waals surface area (Å²) >= 11 is 0. The van der Waals surface area contributed by atoms with E-state index in [9.17, 15) is 14.3 Å². The van der Waals surface area contributed by atoms with Crippen LogP contribution in [-0.4, -0.2) is 36.9 Å². The number of benzene rings is 1. The van der Waals surface area contributed by atoms with Crippen molar-refractivity contribution >= 4 is 5.91 Å². The predicted molar refractivity (Wildman–Crippen MR) is 61.2 cm³/mol. The van der Waals surface area contributed by atoms with Crippen molar-refractivity contribution < 1.29 is 19.0 Å². The van der Waals surface area contributed by atoms with E-state index in [2.05, 4.69) is 5.32 Å². The lowest BCUT2D eigenvalue weighted by atomic mass is 10.1. The van der Waals surface area contributed by atoms with Crippen LogP contribution in [0.5, 0.6) is 0 Å². The van der Waals surface area contributed by atoms with Crippen molar-refractivity contribution in [3.05, 3.63) is 35.6 Å². The van der Waals surface area contributed by atoms with Gasteiger partial charge in [-0.05, 0) is 25.1 Å². The average molecular weight is 241 g/mol. The van der Waals surface area contributed by atoms with Crippen LogP contribution in [0.1, 0.15) is 17.3 Å². The molecule has 1 aromatic carbocycles. The van der Waals surface area contributed by atoms with Crippen LogP contribution in [-0.2, 0) is 4.74 Å². The van der Waals surface area contributed by atoms with Crippen LogP contribution in [0, 0.1) is 5.82 Å². The number of carbonyl (C=O) groups is 1. The van der Waals surface area contributed by atoms with Crippen LogP contribution in [0.15, 0.2) is 24.3 Å². The van der Waals surface area contributed by atoms with Crippen LogP contribution >= 0.6 is 0 Å². The Balaban J connectivity index is 2.56. The Hall–Kier alpha value is -1.46. The molecule has 1 amide bonds. The van der Waals surface area contributed by atoms with Gasteiger partial charge in [0.15, 0.2) is 0 Å². The lowest BCUT2D eigenvalue weighted by Crippen LogP contribution is -2.43. The van der Waals surface area contributed by atoms with E-state index >= 15 is 0 Å². The molecule has 0 fully saturated rings. The SMILES string of the molecule is COCC(C)(O)CNC(=O)c1cccc(F)c1. The molecule has 0 aliphatic heterocycles. The first-order valence-corrected chi connectivity index (χ1v) is 5.20. The normalized spacial score (nSPS) is 14.1. The third-order valence-corrected chi connectivity index (χ3v) is 2.17. The number of amides is 1. The van der Waals surface area contributed by atoms with Gasteiger partial charge in [0.1, 0.15) is 11.4 Å². The number of aliphatic hydroxyl groups is 1. The zero-order chi connectivity index (χ0) is 12.9. The molecule has 1 atom stereocenters. The van der Waals surface area contributed by atoms with E-state index in [1.807, 2.05) is 0 Å². The smallest absolute Gasteiger partial charge is 0.251 e. The van der Waals surface area contributed by atoms with Crippen LogP contribution in [0.3, 0.4) is 0 Å². The van der Waals surface area contributed by atoms with Crippen molar-refractivity contribution in [3.8, 4) is 0 Å². The van der Waals surface area contributed by atoms with Gasteiger partial charge in [0.05, 0.1) is 6.61 Å². The number of ether oxygens (including phenoxy) is 1. The maximum absolute atomic E-state index is 12.9. The quantitative estimate of drug-likeness (QED) is 0.807. The average Bonchev–Trinajstić information content (AvgIpc) is 2.26. The summed E-state index contributed by atoms with van der Waals surface area (Å²) in [6.07, 6.45) is 0. The Morgan fingerprint density at radius 2 is 2.29 bits per heavy atom. The lowest BCUT2D eigenvalue weighted by Gasteiger charge is -2.22. The zero-order valence-electron chi connectivity index (χ0n) is 9.87. The van der Waals surface area contributed by atoms with Gasteiger partial charge in [-0.25, -0.2) is 4.39 Å². The Morgan fingerprint density at radius 1 is 1.59 bits per heavy atom. The van der Waals surface area contributed by atoms with Gasteiger partial charge in [0.2, 0.25) is 0 Å². The van der Waals surface area contributed by atoms with Crippen LogP contribution in [0.25, 0.3) is 0 Å². The van der Waals surface area contributed by atoms with Crippen molar-refractivity contribution in [3.63, 3.8) is 0 Å². The number of halogens is 1. The second-order valence-electron chi connectivity index (χ2n) is 4.12. The number of carbonyl (C=O) groups excluding carboxylic acids is 1. The molecule has 0 spiro atoms. The van der Waals surface area contributed by atoms with Gasteiger partial charge in [-0.1, -0.05) is 6.07 Å². The molecule has 0 aromatic heterocycles. The first-order valence-electron chi connectivity index (χ1n) is 5.20. The van der Waals surface area contributed by atoms with Gasteiger partial charge >= 0.3 is 0 Å². The first kappa shape index (κ1) is 13.6. The van der Waals surface area contributed by atoms with E-state index in [0.717, 1.165) is 6.07 Å². The van der Waals surface area contributed by atoms with E-state index in [-0.39, 0.29) is 18.7 Å². The highest BCUT2D eigenvalue weighted by Crippen LogP contribution is 2.05. The minimum Gasteiger partial charge on any atom is -0.386 e. The molecule has 1 unspecified atom stereocenters. The summed E-state index contributed by atoms with van der Waals surface area (Å²) in [7, 11) is 1.46. The van der Waals surface area contributed by atoms with E-state index in [1.54, 1.807) is 6.92 Å². The summed E-state index contributed by atoms with van der Waals surface area (Å²) in [4.78, 5) is 11.6. The summed E-state index contributed by atoms with van der Waals surface area (Å²) in [5.41, 5.74) is -0.921. The Bertz CT molecular complexity index is 393. The highest BCUT2D eigenvalue weighted by Gasteiger charge is 2.21. The molecule has 1 aromatic rings. The standard InChI is InChI=1S/C12H16FNO3/c1-12(16,8-17-2)7-14-11(15)9-4-3-5-10(13)6-9/h3-6,16H,7-8H2,1-2H3,(H,14,15). The zero-order valence-corrected chi connectivity index (χ0v) is 9.87. The number of hydrogen-bond acceptors (Lipinski definition) is 3. The van der Waals surface area contributed by atoms with Gasteiger partial charge in [0, 0.05) is 19.2 Å². The lowest BCUT2D eigenvalue weighted by molar-refractivity contribution is -0.0147. The molecule has 1 rings (SSSR count).